The van der Waals surface area contributed by atoms with E-state index in [2.05, 4.69) is 57.3 Å². The molecule has 2 aromatic carbocycles. The van der Waals surface area contributed by atoms with Crippen LogP contribution in [0, 0.1) is 5.92 Å². The van der Waals surface area contributed by atoms with Crippen molar-refractivity contribution in [3.05, 3.63) is 77.9 Å². The Balaban J connectivity index is 1.43. The minimum Gasteiger partial charge on any atom is -0.491 e. The van der Waals surface area contributed by atoms with Crippen LogP contribution in [0.2, 0.25) is 0 Å². The normalized spacial score (nSPS) is 17.9. The van der Waals surface area contributed by atoms with Crippen LogP contribution in [0.1, 0.15) is 29.5 Å². The van der Waals surface area contributed by atoms with Gasteiger partial charge in [0.25, 0.3) is 0 Å². The molecule has 3 aromatic rings. The maximum atomic E-state index is 6.13. The van der Waals surface area contributed by atoms with Crippen molar-refractivity contribution in [1.82, 2.24) is 14.9 Å². The van der Waals surface area contributed by atoms with E-state index >= 15 is 0 Å². The van der Waals surface area contributed by atoms with Crippen LogP contribution in [0.3, 0.4) is 0 Å². The molecule has 2 aliphatic rings. The van der Waals surface area contributed by atoms with Crippen molar-refractivity contribution in [3.8, 4) is 16.9 Å². The minimum atomic E-state index is 0.559. The van der Waals surface area contributed by atoms with Gasteiger partial charge in [0.15, 0.2) is 0 Å². The molecule has 1 saturated carbocycles. The standard InChI is InChI=1S/C26H29N3O2/c1-2-21-12-22(3-1)18-29(17-20-4-5-20)8-9-30-10-11-31-26-7-6-23(14-24(26)13-21)25-15-27-19-28-16-25/h1-3,6-7,12,14-16,19-20H,4-5,8-11,13,17-18H2. The number of aromatic nitrogens is 2. The fraction of sp³-hybridized carbons (Fsp3) is 0.385. The zero-order chi connectivity index (χ0) is 20.9. The molecule has 0 N–H and O–H groups in total. The van der Waals surface area contributed by atoms with E-state index in [0.29, 0.717) is 13.2 Å². The van der Waals surface area contributed by atoms with E-state index in [9.17, 15) is 0 Å². The second-order valence-electron chi connectivity index (χ2n) is 8.59. The summed E-state index contributed by atoms with van der Waals surface area (Å²) in [6.45, 7) is 5.04. The van der Waals surface area contributed by atoms with E-state index in [1.807, 2.05) is 12.4 Å². The van der Waals surface area contributed by atoms with Gasteiger partial charge in [-0.1, -0.05) is 30.3 Å². The number of hydrogen-bond donors (Lipinski definition) is 0. The first-order valence-electron chi connectivity index (χ1n) is 11.2. The van der Waals surface area contributed by atoms with Crippen LogP contribution >= 0.6 is 0 Å². The molecule has 0 atom stereocenters. The average Bonchev–Trinajstić information content (AvgIpc) is 3.61. The lowest BCUT2D eigenvalue weighted by molar-refractivity contribution is 0.0764. The summed E-state index contributed by atoms with van der Waals surface area (Å²) < 4.78 is 12.0. The van der Waals surface area contributed by atoms with Gasteiger partial charge in [0.1, 0.15) is 18.7 Å². The van der Waals surface area contributed by atoms with Crippen LogP contribution in [0.25, 0.3) is 11.1 Å². The summed E-state index contributed by atoms with van der Waals surface area (Å²) in [5.74, 6) is 1.79. The highest BCUT2D eigenvalue weighted by atomic mass is 16.5. The van der Waals surface area contributed by atoms with Crippen molar-refractivity contribution in [2.45, 2.75) is 25.8 Å². The zero-order valence-electron chi connectivity index (χ0n) is 17.9. The second-order valence-corrected chi connectivity index (χ2v) is 8.59. The number of fused-ring (bicyclic) bond motifs is 3. The van der Waals surface area contributed by atoms with Gasteiger partial charge in [0, 0.05) is 44.0 Å². The summed E-state index contributed by atoms with van der Waals surface area (Å²) in [6, 6.07) is 15.3. The molecule has 160 valence electrons. The monoisotopic (exact) mass is 415 g/mol. The second kappa shape index (κ2) is 9.58. The molecule has 5 rings (SSSR count). The maximum Gasteiger partial charge on any atom is 0.122 e. The fourth-order valence-corrected chi connectivity index (χ4v) is 4.21. The van der Waals surface area contributed by atoms with Gasteiger partial charge in [0.2, 0.25) is 0 Å². The molecular weight excluding hydrogens is 386 g/mol. The van der Waals surface area contributed by atoms with Gasteiger partial charge >= 0.3 is 0 Å². The van der Waals surface area contributed by atoms with Crippen LogP contribution in [0.5, 0.6) is 5.75 Å². The van der Waals surface area contributed by atoms with Crippen LogP contribution in [0.4, 0.5) is 0 Å². The topological polar surface area (TPSA) is 47.5 Å². The third-order valence-electron chi connectivity index (χ3n) is 6.00. The lowest BCUT2D eigenvalue weighted by Crippen LogP contribution is -2.30. The van der Waals surface area contributed by atoms with Crippen molar-refractivity contribution >= 4 is 0 Å². The largest absolute Gasteiger partial charge is 0.491 e. The molecule has 31 heavy (non-hydrogen) atoms. The Kier molecular flexibility index (Phi) is 6.23. The number of hydrogen-bond acceptors (Lipinski definition) is 5. The molecule has 5 nitrogen and oxygen atoms in total. The Morgan fingerprint density at radius 3 is 2.65 bits per heavy atom. The minimum absolute atomic E-state index is 0.559. The van der Waals surface area contributed by atoms with E-state index in [1.54, 1.807) is 6.33 Å². The smallest absolute Gasteiger partial charge is 0.122 e. The van der Waals surface area contributed by atoms with Crippen LogP contribution < -0.4 is 4.74 Å². The van der Waals surface area contributed by atoms with Gasteiger partial charge in [-0.15, -0.1) is 0 Å². The molecule has 1 aliphatic heterocycles. The van der Waals surface area contributed by atoms with E-state index < -0.39 is 0 Å². The summed E-state index contributed by atoms with van der Waals surface area (Å²) in [4.78, 5) is 10.9. The number of rotatable bonds is 3. The molecule has 0 amide bonds. The van der Waals surface area contributed by atoms with Gasteiger partial charge < -0.3 is 9.47 Å². The predicted octanol–water partition coefficient (Wildman–Crippen LogP) is 4.36. The molecule has 0 unspecified atom stereocenters. The summed E-state index contributed by atoms with van der Waals surface area (Å²) in [6.07, 6.45) is 8.83. The quantitative estimate of drug-likeness (QED) is 0.636. The van der Waals surface area contributed by atoms with Crippen molar-refractivity contribution in [2.24, 2.45) is 5.92 Å². The van der Waals surface area contributed by atoms with Gasteiger partial charge in [-0.3, -0.25) is 4.90 Å². The van der Waals surface area contributed by atoms with Crippen molar-refractivity contribution in [2.75, 3.05) is 32.9 Å². The molecule has 1 aromatic heterocycles. The number of benzene rings is 2. The summed E-state index contributed by atoms with van der Waals surface area (Å²) >= 11 is 0. The fourth-order valence-electron chi connectivity index (χ4n) is 4.21. The Morgan fingerprint density at radius 1 is 0.903 bits per heavy atom. The SMILES string of the molecule is c1cc2cc(c1)CN(CC1CC1)CCOCCOc1ccc(-c3cncnc3)cc1C2. The molecule has 0 spiro atoms. The summed E-state index contributed by atoms with van der Waals surface area (Å²) in [5.41, 5.74) is 5.96. The van der Waals surface area contributed by atoms with Gasteiger partial charge in [-0.25, -0.2) is 9.97 Å². The molecule has 1 aliphatic carbocycles. The van der Waals surface area contributed by atoms with Crippen molar-refractivity contribution in [1.29, 1.82) is 0 Å². The van der Waals surface area contributed by atoms with Gasteiger partial charge in [-0.2, -0.15) is 0 Å². The Morgan fingerprint density at radius 2 is 1.77 bits per heavy atom. The van der Waals surface area contributed by atoms with Gasteiger partial charge in [0.05, 0.1) is 13.2 Å². The zero-order valence-corrected chi connectivity index (χ0v) is 17.9. The average molecular weight is 416 g/mol. The predicted molar refractivity (Wildman–Crippen MR) is 121 cm³/mol. The van der Waals surface area contributed by atoms with Crippen molar-refractivity contribution in [3.63, 3.8) is 0 Å². The molecule has 2 bridgehead atoms. The summed E-state index contributed by atoms with van der Waals surface area (Å²) in [5, 5.41) is 0. The lowest BCUT2D eigenvalue weighted by atomic mass is 9.98. The van der Waals surface area contributed by atoms with E-state index in [-0.39, 0.29) is 0 Å². The third kappa shape index (κ3) is 5.49. The first kappa shape index (κ1) is 20.2. The van der Waals surface area contributed by atoms with Crippen LogP contribution in [0.15, 0.2) is 61.2 Å². The Bertz CT molecular complexity index is 1000. The summed E-state index contributed by atoms with van der Waals surface area (Å²) in [7, 11) is 0. The molecule has 0 saturated heterocycles. The lowest BCUT2D eigenvalue weighted by Gasteiger charge is -2.23. The highest BCUT2D eigenvalue weighted by Crippen LogP contribution is 2.31. The highest BCUT2D eigenvalue weighted by Gasteiger charge is 2.24. The first-order chi connectivity index (χ1) is 15.3. The van der Waals surface area contributed by atoms with Crippen LogP contribution in [-0.2, 0) is 17.7 Å². The highest BCUT2D eigenvalue weighted by molar-refractivity contribution is 5.64. The Hall–Kier alpha value is -2.76. The first-order valence-corrected chi connectivity index (χ1v) is 11.2. The van der Waals surface area contributed by atoms with Gasteiger partial charge in [-0.05, 0) is 53.1 Å². The number of nitrogens with zero attached hydrogens (tertiary/aromatic N) is 3. The van der Waals surface area contributed by atoms with E-state index in [0.717, 1.165) is 48.9 Å². The third-order valence-corrected chi connectivity index (χ3v) is 6.00. The van der Waals surface area contributed by atoms with E-state index in [1.165, 1.54) is 36.1 Å². The van der Waals surface area contributed by atoms with Crippen molar-refractivity contribution < 1.29 is 9.47 Å². The number of ether oxygens (including phenoxy) is 2. The Labute approximate surface area is 184 Å². The molecular formula is C26H29N3O2. The van der Waals surface area contributed by atoms with E-state index in [4.69, 9.17) is 9.47 Å². The molecule has 5 heteroatoms. The van der Waals surface area contributed by atoms with Crippen LogP contribution in [-0.4, -0.2) is 47.8 Å². The maximum absolute atomic E-state index is 6.13. The molecule has 1 fully saturated rings. The molecule has 0 radical (unpaired) electrons. The molecule has 2 heterocycles.